The Balaban J connectivity index is 1.97. The summed E-state index contributed by atoms with van der Waals surface area (Å²) in [6, 6.07) is 0.794. The molecule has 0 heterocycles. The van der Waals surface area contributed by atoms with Crippen LogP contribution < -0.4 is 5.32 Å². The molecular formula is C17H33N. The second-order valence-electron chi connectivity index (χ2n) is 7.09. The molecule has 106 valence electrons. The minimum Gasteiger partial charge on any atom is -0.313 e. The third kappa shape index (κ3) is 3.10. The van der Waals surface area contributed by atoms with Gasteiger partial charge in [-0.15, -0.1) is 0 Å². The van der Waals surface area contributed by atoms with Gasteiger partial charge in [0.25, 0.3) is 0 Å². The van der Waals surface area contributed by atoms with Crippen molar-refractivity contribution in [1.29, 1.82) is 0 Å². The van der Waals surface area contributed by atoms with Crippen molar-refractivity contribution in [3.8, 4) is 0 Å². The molecule has 1 unspecified atom stereocenters. The second-order valence-corrected chi connectivity index (χ2v) is 7.09. The van der Waals surface area contributed by atoms with E-state index in [1.807, 2.05) is 0 Å². The summed E-state index contributed by atoms with van der Waals surface area (Å²) >= 11 is 0. The molecule has 2 aliphatic carbocycles. The van der Waals surface area contributed by atoms with Crippen molar-refractivity contribution in [2.24, 2.45) is 17.3 Å². The SMILES string of the molecule is CCNC(C1CCC(CC)CC1)C1(C)CCCC1. The molecule has 0 saturated heterocycles. The molecule has 0 radical (unpaired) electrons. The molecule has 2 aliphatic rings. The summed E-state index contributed by atoms with van der Waals surface area (Å²) in [6.07, 6.45) is 13.2. The zero-order valence-corrected chi connectivity index (χ0v) is 12.8. The fourth-order valence-corrected chi connectivity index (χ4v) is 4.63. The molecule has 1 heteroatoms. The van der Waals surface area contributed by atoms with E-state index in [1.165, 1.54) is 57.8 Å². The van der Waals surface area contributed by atoms with E-state index < -0.39 is 0 Å². The molecule has 1 N–H and O–H groups in total. The van der Waals surface area contributed by atoms with Crippen LogP contribution in [0.3, 0.4) is 0 Å². The first-order valence-corrected chi connectivity index (χ1v) is 8.43. The van der Waals surface area contributed by atoms with Gasteiger partial charge in [0, 0.05) is 6.04 Å². The lowest BCUT2D eigenvalue weighted by Crippen LogP contribution is -2.48. The van der Waals surface area contributed by atoms with Gasteiger partial charge in [0.05, 0.1) is 0 Å². The number of hydrogen-bond donors (Lipinski definition) is 1. The summed E-state index contributed by atoms with van der Waals surface area (Å²) in [5, 5.41) is 3.87. The maximum atomic E-state index is 3.87. The van der Waals surface area contributed by atoms with Gasteiger partial charge in [-0.25, -0.2) is 0 Å². The maximum absolute atomic E-state index is 3.87. The fraction of sp³-hybridized carbons (Fsp3) is 1.00. The zero-order valence-electron chi connectivity index (χ0n) is 12.8. The summed E-state index contributed by atoms with van der Waals surface area (Å²) in [5.41, 5.74) is 0.597. The number of hydrogen-bond acceptors (Lipinski definition) is 1. The third-order valence-electron chi connectivity index (χ3n) is 5.86. The Kier molecular flexibility index (Phi) is 5.12. The minimum absolute atomic E-state index is 0.597. The van der Waals surface area contributed by atoms with Crippen LogP contribution in [0, 0.1) is 17.3 Å². The third-order valence-corrected chi connectivity index (χ3v) is 5.86. The molecule has 1 nitrogen and oxygen atoms in total. The average Bonchev–Trinajstić information content (AvgIpc) is 2.84. The molecule has 0 aromatic rings. The Labute approximate surface area is 114 Å². The summed E-state index contributed by atoms with van der Waals surface area (Å²) < 4.78 is 0. The molecule has 0 aliphatic heterocycles. The van der Waals surface area contributed by atoms with Crippen LogP contribution in [0.25, 0.3) is 0 Å². The highest BCUT2D eigenvalue weighted by molar-refractivity contribution is 4.96. The molecule has 2 saturated carbocycles. The van der Waals surface area contributed by atoms with Gasteiger partial charge in [0.1, 0.15) is 0 Å². The van der Waals surface area contributed by atoms with E-state index in [0.29, 0.717) is 5.41 Å². The summed E-state index contributed by atoms with van der Waals surface area (Å²) in [5.74, 6) is 1.98. The largest absolute Gasteiger partial charge is 0.313 e. The van der Waals surface area contributed by atoms with Crippen molar-refractivity contribution in [3.63, 3.8) is 0 Å². The molecular weight excluding hydrogens is 218 g/mol. The standard InChI is InChI=1S/C17H33N/c1-4-14-8-10-15(11-9-14)16(18-5-2)17(3)12-6-7-13-17/h14-16,18H,4-13H2,1-3H3. The van der Waals surface area contributed by atoms with Crippen molar-refractivity contribution in [3.05, 3.63) is 0 Å². The first-order valence-electron chi connectivity index (χ1n) is 8.43. The smallest absolute Gasteiger partial charge is 0.0149 e. The van der Waals surface area contributed by atoms with E-state index in [9.17, 15) is 0 Å². The normalized spacial score (nSPS) is 33.5. The lowest BCUT2D eigenvalue weighted by Gasteiger charge is -2.43. The average molecular weight is 251 g/mol. The van der Waals surface area contributed by atoms with Crippen molar-refractivity contribution in [2.45, 2.75) is 84.6 Å². The fourth-order valence-electron chi connectivity index (χ4n) is 4.63. The molecule has 0 aromatic carbocycles. The van der Waals surface area contributed by atoms with Gasteiger partial charge in [-0.3, -0.25) is 0 Å². The first kappa shape index (κ1) is 14.4. The predicted molar refractivity (Wildman–Crippen MR) is 79.8 cm³/mol. The van der Waals surface area contributed by atoms with E-state index in [0.717, 1.165) is 24.4 Å². The lowest BCUT2D eigenvalue weighted by molar-refractivity contribution is 0.117. The monoisotopic (exact) mass is 251 g/mol. The highest BCUT2D eigenvalue weighted by Crippen LogP contribution is 2.46. The number of nitrogens with one attached hydrogen (secondary N) is 1. The van der Waals surface area contributed by atoms with Crippen LogP contribution in [0.2, 0.25) is 0 Å². The summed E-state index contributed by atoms with van der Waals surface area (Å²) in [4.78, 5) is 0. The van der Waals surface area contributed by atoms with Crippen molar-refractivity contribution in [1.82, 2.24) is 5.32 Å². The topological polar surface area (TPSA) is 12.0 Å². The molecule has 2 fully saturated rings. The summed E-state index contributed by atoms with van der Waals surface area (Å²) in [7, 11) is 0. The highest BCUT2D eigenvalue weighted by Gasteiger charge is 2.41. The van der Waals surface area contributed by atoms with Crippen LogP contribution in [0.5, 0.6) is 0 Å². The van der Waals surface area contributed by atoms with Crippen molar-refractivity contribution < 1.29 is 0 Å². The second kappa shape index (κ2) is 6.41. The Bertz CT molecular complexity index is 234. The Morgan fingerprint density at radius 2 is 1.67 bits per heavy atom. The van der Waals surface area contributed by atoms with Crippen LogP contribution >= 0.6 is 0 Å². The van der Waals surface area contributed by atoms with Gasteiger partial charge in [-0.05, 0) is 49.5 Å². The van der Waals surface area contributed by atoms with Crippen molar-refractivity contribution >= 4 is 0 Å². The molecule has 2 rings (SSSR count). The highest BCUT2D eigenvalue weighted by atomic mass is 14.9. The van der Waals surface area contributed by atoms with E-state index in [4.69, 9.17) is 0 Å². The van der Waals surface area contributed by atoms with Crippen LogP contribution in [0.1, 0.15) is 78.6 Å². The van der Waals surface area contributed by atoms with Gasteiger partial charge >= 0.3 is 0 Å². The Morgan fingerprint density at radius 3 is 2.17 bits per heavy atom. The zero-order chi connectivity index (χ0) is 13.0. The summed E-state index contributed by atoms with van der Waals surface area (Å²) in [6.45, 7) is 8.35. The van der Waals surface area contributed by atoms with Gasteiger partial charge in [0.15, 0.2) is 0 Å². The molecule has 0 spiro atoms. The van der Waals surface area contributed by atoms with E-state index in [1.54, 1.807) is 0 Å². The molecule has 0 amide bonds. The van der Waals surface area contributed by atoms with Crippen LogP contribution in [0.4, 0.5) is 0 Å². The van der Waals surface area contributed by atoms with E-state index >= 15 is 0 Å². The minimum atomic E-state index is 0.597. The van der Waals surface area contributed by atoms with Crippen LogP contribution in [-0.2, 0) is 0 Å². The molecule has 0 bridgehead atoms. The number of rotatable bonds is 5. The predicted octanol–water partition coefficient (Wildman–Crippen LogP) is 4.76. The molecule has 1 atom stereocenters. The van der Waals surface area contributed by atoms with Crippen molar-refractivity contribution in [2.75, 3.05) is 6.54 Å². The van der Waals surface area contributed by atoms with E-state index in [-0.39, 0.29) is 0 Å². The molecule has 18 heavy (non-hydrogen) atoms. The maximum Gasteiger partial charge on any atom is 0.0149 e. The molecule has 0 aromatic heterocycles. The van der Waals surface area contributed by atoms with Crippen LogP contribution in [0.15, 0.2) is 0 Å². The van der Waals surface area contributed by atoms with E-state index in [2.05, 4.69) is 26.1 Å². The Hall–Kier alpha value is -0.0400. The van der Waals surface area contributed by atoms with Gasteiger partial charge < -0.3 is 5.32 Å². The first-order chi connectivity index (χ1) is 8.69. The van der Waals surface area contributed by atoms with Crippen LogP contribution in [-0.4, -0.2) is 12.6 Å². The quantitative estimate of drug-likeness (QED) is 0.743. The Morgan fingerprint density at radius 1 is 1.06 bits per heavy atom. The van der Waals surface area contributed by atoms with Gasteiger partial charge in [0.2, 0.25) is 0 Å². The van der Waals surface area contributed by atoms with Gasteiger partial charge in [-0.2, -0.15) is 0 Å². The van der Waals surface area contributed by atoms with Gasteiger partial charge in [-0.1, -0.05) is 52.9 Å². The lowest BCUT2D eigenvalue weighted by atomic mass is 9.68.